The molecule has 1 heterocycles. The van der Waals surface area contributed by atoms with E-state index in [1.165, 1.54) is 6.07 Å². The summed E-state index contributed by atoms with van der Waals surface area (Å²) in [5.74, 6) is 0.115. The van der Waals surface area contributed by atoms with Gasteiger partial charge in [-0.1, -0.05) is 12.1 Å². The Morgan fingerprint density at radius 3 is 2.76 bits per heavy atom. The minimum Gasteiger partial charge on any atom is -0.464 e. The maximum absolute atomic E-state index is 13.6. The van der Waals surface area contributed by atoms with Crippen LogP contribution in [0.1, 0.15) is 31.0 Å². The van der Waals surface area contributed by atoms with E-state index in [1.807, 2.05) is 19.9 Å². The van der Waals surface area contributed by atoms with Gasteiger partial charge in [0.15, 0.2) is 0 Å². The SMILES string of the molecule is CCOc1nc(N)nc(NC(C)c2ccc(C)c(F)c2)n1. The van der Waals surface area contributed by atoms with Gasteiger partial charge in [0.25, 0.3) is 0 Å². The lowest BCUT2D eigenvalue weighted by Crippen LogP contribution is -2.12. The highest BCUT2D eigenvalue weighted by Gasteiger charge is 2.11. The third-order valence-corrected chi connectivity index (χ3v) is 2.95. The van der Waals surface area contributed by atoms with E-state index >= 15 is 0 Å². The Morgan fingerprint density at radius 2 is 2.10 bits per heavy atom. The molecule has 2 aromatic rings. The summed E-state index contributed by atoms with van der Waals surface area (Å²) < 4.78 is 18.8. The molecule has 6 nitrogen and oxygen atoms in total. The van der Waals surface area contributed by atoms with E-state index < -0.39 is 0 Å². The highest BCUT2D eigenvalue weighted by molar-refractivity contribution is 5.37. The van der Waals surface area contributed by atoms with Crippen molar-refractivity contribution in [1.82, 2.24) is 15.0 Å². The minimum atomic E-state index is -0.244. The predicted molar refractivity (Wildman–Crippen MR) is 78.6 cm³/mol. The molecular formula is C14H18FN5O. The third kappa shape index (κ3) is 3.77. The lowest BCUT2D eigenvalue weighted by atomic mass is 10.1. The second kappa shape index (κ2) is 6.34. The van der Waals surface area contributed by atoms with E-state index in [2.05, 4.69) is 20.3 Å². The average molecular weight is 291 g/mol. The average Bonchev–Trinajstić information content (AvgIpc) is 2.41. The predicted octanol–water partition coefficient (Wildman–Crippen LogP) is 2.47. The molecule has 0 aliphatic carbocycles. The first-order valence-electron chi connectivity index (χ1n) is 6.66. The number of nitrogens with zero attached hydrogens (tertiary/aromatic N) is 3. The molecule has 1 unspecified atom stereocenters. The van der Waals surface area contributed by atoms with Crippen LogP contribution in [0.5, 0.6) is 6.01 Å². The number of nitrogen functional groups attached to an aromatic ring is 1. The van der Waals surface area contributed by atoms with Crippen LogP contribution in [0.3, 0.4) is 0 Å². The molecule has 112 valence electrons. The quantitative estimate of drug-likeness (QED) is 0.880. The topological polar surface area (TPSA) is 86.0 Å². The molecule has 0 fully saturated rings. The Kier molecular flexibility index (Phi) is 4.52. The molecule has 0 amide bonds. The van der Waals surface area contributed by atoms with Gasteiger partial charge < -0.3 is 15.8 Å². The van der Waals surface area contributed by atoms with E-state index in [1.54, 1.807) is 13.0 Å². The summed E-state index contributed by atoms with van der Waals surface area (Å²) in [5, 5.41) is 3.06. The second-order valence-corrected chi connectivity index (χ2v) is 4.61. The van der Waals surface area contributed by atoms with E-state index in [-0.39, 0.29) is 23.8 Å². The Bertz CT molecular complexity index is 635. The Balaban J connectivity index is 2.18. The van der Waals surface area contributed by atoms with Crippen molar-refractivity contribution < 1.29 is 9.13 Å². The number of rotatable bonds is 5. The smallest absolute Gasteiger partial charge is 0.323 e. The first-order chi connectivity index (χ1) is 9.99. The van der Waals surface area contributed by atoms with Gasteiger partial charge in [-0.15, -0.1) is 0 Å². The van der Waals surface area contributed by atoms with Gasteiger partial charge in [-0.25, -0.2) is 4.39 Å². The van der Waals surface area contributed by atoms with Crippen LogP contribution in [0.2, 0.25) is 0 Å². The Labute approximate surface area is 122 Å². The van der Waals surface area contributed by atoms with Crippen LogP contribution in [-0.2, 0) is 0 Å². The Hall–Kier alpha value is -2.44. The summed E-state index contributed by atoms with van der Waals surface area (Å²) in [7, 11) is 0. The number of aryl methyl sites for hydroxylation is 1. The molecule has 1 aromatic carbocycles. The monoisotopic (exact) mass is 291 g/mol. The number of hydrogen-bond donors (Lipinski definition) is 2. The molecule has 0 bridgehead atoms. The molecular weight excluding hydrogens is 273 g/mol. The number of aromatic nitrogens is 3. The summed E-state index contributed by atoms with van der Waals surface area (Å²) in [4.78, 5) is 12.0. The van der Waals surface area contributed by atoms with Gasteiger partial charge in [0, 0.05) is 0 Å². The zero-order valence-corrected chi connectivity index (χ0v) is 12.2. The van der Waals surface area contributed by atoms with E-state index in [4.69, 9.17) is 10.5 Å². The van der Waals surface area contributed by atoms with Crippen LogP contribution in [0.15, 0.2) is 18.2 Å². The van der Waals surface area contributed by atoms with Crippen LogP contribution < -0.4 is 15.8 Å². The molecule has 1 atom stereocenters. The first-order valence-corrected chi connectivity index (χ1v) is 6.66. The molecule has 0 aliphatic heterocycles. The van der Waals surface area contributed by atoms with Gasteiger partial charge in [0.1, 0.15) is 5.82 Å². The van der Waals surface area contributed by atoms with Crippen LogP contribution in [0, 0.1) is 12.7 Å². The molecule has 21 heavy (non-hydrogen) atoms. The van der Waals surface area contributed by atoms with Gasteiger partial charge in [-0.3, -0.25) is 0 Å². The van der Waals surface area contributed by atoms with Gasteiger partial charge in [-0.2, -0.15) is 15.0 Å². The minimum absolute atomic E-state index is 0.0678. The van der Waals surface area contributed by atoms with Crippen molar-refractivity contribution in [2.75, 3.05) is 17.7 Å². The van der Waals surface area contributed by atoms with Gasteiger partial charge >= 0.3 is 6.01 Å². The molecule has 0 spiro atoms. The van der Waals surface area contributed by atoms with Gasteiger partial charge in [0.2, 0.25) is 11.9 Å². The number of halogens is 1. The van der Waals surface area contributed by atoms with Crippen LogP contribution >= 0.6 is 0 Å². The summed E-state index contributed by atoms with van der Waals surface area (Å²) in [6.45, 7) is 5.86. The maximum atomic E-state index is 13.6. The highest BCUT2D eigenvalue weighted by Crippen LogP contribution is 2.20. The van der Waals surface area contributed by atoms with Gasteiger partial charge in [0.05, 0.1) is 12.6 Å². The third-order valence-electron chi connectivity index (χ3n) is 2.95. The van der Waals surface area contributed by atoms with E-state index in [0.29, 0.717) is 18.1 Å². The maximum Gasteiger partial charge on any atom is 0.323 e. The van der Waals surface area contributed by atoms with Crippen molar-refractivity contribution in [1.29, 1.82) is 0 Å². The van der Waals surface area contributed by atoms with Crippen LogP contribution in [-0.4, -0.2) is 21.6 Å². The fourth-order valence-electron chi connectivity index (χ4n) is 1.79. The zero-order valence-electron chi connectivity index (χ0n) is 12.2. The molecule has 2 rings (SSSR count). The van der Waals surface area contributed by atoms with Crippen LogP contribution in [0.4, 0.5) is 16.3 Å². The van der Waals surface area contributed by atoms with Crippen molar-refractivity contribution >= 4 is 11.9 Å². The Morgan fingerprint density at radius 1 is 1.33 bits per heavy atom. The number of anilines is 2. The molecule has 0 aliphatic rings. The molecule has 3 N–H and O–H groups in total. The zero-order chi connectivity index (χ0) is 15.4. The number of ether oxygens (including phenoxy) is 1. The lowest BCUT2D eigenvalue weighted by Gasteiger charge is -2.15. The van der Waals surface area contributed by atoms with Crippen molar-refractivity contribution in [3.63, 3.8) is 0 Å². The number of hydrogen-bond acceptors (Lipinski definition) is 6. The molecule has 0 saturated heterocycles. The lowest BCUT2D eigenvalue weighted by molar-refractivity contribution is 0.312. The first kappa shape index (κ1) is 15.0. The second-order valence-electron chi connectivity index (χ2n) is 4.61. The summed E-state index contributed by atoms with van der Waals surface area (Å²) in [5.41, 5.74) is 7.00. The van der Waals surface area contributed by atoms with E-state index in [0.717, 1.165) is 5.56 Å². The summed E-state index contributed by atoms with van der Waals surface area (Å²) in [6, 6.07) is 5.05. The fourth-order valence-corrected chi connectivity index (χ4v) is 1.79. The largest absolute Gasteiger partial charge is 0.464 e. The standard InChI is InChI=1S/C14H18FN5O/c1-4-21-14-19-12(16)18-13(20-14)17-9(3)10-6-5-8(2)11(15)7-10/h5-7,9H,4H2,1-3H3,(H3,16,17,18,19,20). The summed E-state index contributed by atoms with van der Waals surface area (Å²) >= 11 is 0. The van der Waals surface area contributed by atoms with Crippen molar-refractivity contribution in [3.8, 4) is 6.01 Å². The normalized spacial score (nSPS) is 12.0. The van der Waals surface area contributed by atoms with Crippen molar-refractivity contribution in [2.24, 2.45) is 0 Å². The molecule has 7 heteroatoms. The fraction of sp³-hybridized carbons (Fsp3) is 0.357. The molecule has 0 radical (unpaired) electrons. The van der Waals surface area contributed by atoms with Crippen molar-refractivity contribution in [2.45, 2.75) is 26.8 Å². The molecule has 1 aromatic heterocycles. The highest BCUT2D eigenvalue weighted by atomic mass is 19.1. The molecule has 0 saturated carbocycles. The van der Waals surface area contributed by atoms with E-state index in [9.17, 15) is 4.39 Å². The van der Waals surface area contributed by atoms with Crippen LogP contribution in [0.25, 0.3) is 0 Å². The van der Waals surface area contributed by atoms with Gasteiger partial charge in [-0.05, 0) is 38.0 Å². The number of nitrogens with one attached hydrogen (secondary N) is 1. The van der Waals surface area contributed by atoms with Crippen molar-refractivity contribution in [3.05, 3.63) is 35.1 Å². The number of benzene rings is 1. The number of nitrogens with two attached hydrogens (primary N) is 1. The summed E-state index contributed by atoms with van der Waals surface area (Å²) in [6.07, 6.45) is 0.